The van der Waals surface area contributed by atoms with Gasteiger partial charge in [0.05, 0.1) is 40.5 Å². The summed E-state index contributed by atoms with van der Waals surface area (Å²) in [5.41, 5.74) is -3.15. The summed E-state index contributed by atoms with van der Waals surface area (Å²) < 4.78 is 102. The van der Waals surface area contributed by atoms with Crippen LogP contribution in [0.15, 0.2) is 36.4 Å². The van der Waals surface area contributed by atoms with E-state index in [9.17, 15) is 44.3 Å². The van der Waals surface area contributed by atoms with E-state index in [1.165, 1.54) is 38.1 Å². The second-order valence-corrected chi connectivity index (χ2v) is 12.4. The maximum absolute atomic E-state index is 13.3. The van der Waals surface area contributed by atoms with Crippen LogP contribution in [0.25, 0.3) is 0 Å². The third-order valence-corrected chi connectivity index (χ3v) is 7.48. The smallest absolute Gasteiger partial charge is 0.349 e. The first-order valence-corrected chi connectivity index (χ1v) is 14.7. The number of anilines is 1. The molecule has 0 saturated heterocycles. The zero-order chi connectivity index (χ0) is 30.9. The summed E-state index contributed by atoms with van der Waals surface area (Å²) in [4.78, 5) is 30.1. The molecule has 0 aliphatic rings. The fourth-order valence-electron chi connectivity index (χ4n) is 3.82. The number of hydrogen-bond donors (Lipinski definition) is 2. The lowest BCUT2D eigenvalue weighted by atomic mass is 10.1. The molecular formula is C24H22F6IN5O4S. The van der Waals surface area contributed by atoms with Crippen LogP contribution in [0.3, 0.4) is 0 Å². The summed E-state index contributed by atoms with van der Waals surface area (Å²) in [5.74, 6) is -1.73. The molecule has 222 valence electrons. The van der Waals surface area contributed by atoms with Gasteiger partial charge in [0.1, 0.15) is 15.5 Å². The van der Waals surface area contributed by atoms with E-state index in [0.29, 0.717) is 3.57 Å². The molecule has 2 N–H and O–H groups in total. The van der Waals surface area contributed by atoms with Crippen molar-refractivity contribution in [2.45, 2.75) is 38.8 Å². The minimum atomic E-state index is -5.10. The lowest BCUT2D eigenvalue weighted by Crippen LogP contribution is -2.38. The van der Waals surface area contributed by atoms with Gasteiger partial charge in [0.2, 0.25) is 0 Å². The highest BCUT2D eigenvalue weighted by molar-refractivity contribution is 14.1. The second-order valence-electron chi connectivity index (χ2n) is 9.09. The number of carbonyl (C=O) groups excluding carboxylic acids is 2. The van der Waals surface area contributed by atoms with Gasteiger partial charge in [-0.1, -0.05) is 6.07 Å². The Hall–Kier alpha value is -3.22. The van der Waals surface area contributed by atoms with Gasteiger partial charge < -0.3 is 10.6 Å². The number of nitrogens with one attached hydrogen (secondary N) is 2. The van der Waals surface area contributed by atoms with Crippen LogP contribution in [-0.2, 0) is 28.7 Å². The summed E-state index contributed by atoms with van der Waals surface area (Å²) in [6.45, 7) is 2.19. The molecule has 3 rings (SSSR count). The molecule has 2 heterocycles. The number of rotatable bonds is 8. The molecule has 0 radical (unpaired) electrons. The van der Waals surface area contributed by atoms with Crippen molar-refractivity contribution in [3.8, 4) is 0 Å². The number of alkyl halides is 6. The molecule has 9 nitrogen and oxygen atoms in total. The Bertz CT molecular complexity index is 1590. The molecule has 2 amide bonds. The maximum atomic E-state index is 13.3. The molecule has 1 atom stereocenters. The van der Waals surface area contributed by atoms with Gasteiger partial charge in [-0.05, 0) is 60.7 Å². The molecule has 3 aromatic rings. The number of nitrogens with zero attached hydrogens (tertiary/aromatic N) is 3. The Balaban J connectivity index is 1.84. The summed E-state index contributed by atoms with van der Waals surface area (Å²) in [6.07, 6.45) is -9.16. The monoisotopic (exact) mass is 717 g/mol. The molecule has 0 saturated carbocycles. The largest absolute Gasteiger partial charge is 0.435 e. The van der Waals surface area contributed by atoms with Crippen LogP contribution in [0.1, 0.15) is 50.4 Å². The topological polar surface area (TPSA) is 123 Å². The Labute approximate surface area is 243 Å². The number of amides is 2. The van der Waals surface area contributed by atoms with E-state index >= 15 is 0 Å². The first kappa shape index (κ1) is 32.3. The fraction of sp³-hybridized carbons (Fsp3) is 0.333. The van der Waals surface area contributed by atoms with E-state index in [1.807, 2.05) is 22.6 Å². The maximum Gasteiger partial charge on any atom is 0.435 e. The second kappa shape index (κ2) is 11.9. The average molecular weight is 717 g/mol. The van der Waals surface area contributed by atoms with Gasteiger partial charge >= 0.3 is 12.4 Å². The zero-order valence-electron chi connectivity index (χ0n) is 21.5. The Morgan fingerprint density at radius 1 is 1.05 bits per heavy atom. The van der Waals surface area contributed by atoms with Gasteiger partial charge in [-0.15, -0.1) is 0 Å². The molecule has 41 heavy (non-hydrogen) atoms. The molecule has 0 bridgehead atoms. The standard InChI is InChI=1S/C24H22F6IN5O4S/c1-12(11-41(3,39)40)32-22(38)20-15(5-4-6-16(20)31)21(37)34-17-8-7-14(33-13(17)2)10-36-19(24(28,29)30)9-18(35-36)23(25,26)27/h4-9,12H,10-11H2,1-3H3,(H,32,38)(H,34,37)/t12-/m0/s1. The van der Waals surface area contributed by atoms with Crippen molar-refractivity contribution >= 4 is 49.9 Å². The Kier molecular flexibility index (Phi) is 9.41. The SMILES string of the molecule is Cc1nc(Cn2nc(C(F)(F)F)cc2C(F)(F)F)ccc1NC(=O)c1cccc(I)c1C(=O)N[C@@H](C)CS(C)(=O)=O. The fourth-order valence-corrected chi connectivity index (χ4v) is 5.55. The summed E-state index contributed by atoms with van der Waals surface area (Å²) in [6, 6.07) is 6.16. The zero-order valence-corrected chi connectivity index (χ0v) is 24.5. The predicted octanol–water partition coefficient (Wildman–Crippen LogP) is 4.69. The van der Waals surface area contributed by atoms with Crippen molar-refractivity contribution in [2.75, 3.05) is 17.3 Å². The highest BCUT2D eigenvalue weighted by Gasteiger charge is 2.42. The van der Waals surface area contributed by atoms with E-state index in [-0.39, 0.29) is 44.7 Å². The van der Waals surface area contributed by atoms with E-state index < -0.39 is 58.0 Å². The van der Waals surface area contributed by atoms with Crippen molar-refractivity contribution in [3.63, 3.8) is 0 Å². The minimum Gasteiger partial charge on any atom is -0.349 e. The van der Waals surface area contributed by atoms with Crippen molar-refractivity contribution < 1.29 is 44.3 Å². The number of carbonyl (C=O) groups is 2. The number of aromatic nitrogens is 3. The normalized spacial score (nSPS) is 13.1. The van der Waals surface area contributed by atoms with Gasteiger partial charge in [0.25, 0.3) is 11.8 Å². The van der Waals surface area contributed by atoms with Crippen LogP contribution < -0.4 is 10.6 Å². The van der Waals surface area contributed by atoms with Gasteiger partial charge in [0, 0.05) is 21.9 Å². The first-order valence-electron chi connectivity index (χ1n) is 11.5. The van der Waals surface area contributed by atoms with Gasteiger partial charge in [-0.3, -0.25) is 19.3 Å². The van der Waals surface area contributed by atoms with Crippen LogP contribution in [-0.4, -0.2) is 53.0 Å². The molecule has 2 aromatic heterocycles. The van der Waals surface area contributed by atoms with E-state index in [1.54, 1.807) is 6.07 Å². The first-order chi connectivity index (χ1) is 18.8. The van der Waals surface area contributed by atoms with Crippen LogP contribution in [0.4, 0.5) is 32.0 Å². The predicted molar refractivity (Wildman–Crippen MR) is 144 cm³/mol. The highest BCUT2D eigenvalue weighted by atomic mass is 127. The molecule has 0 spiro atoms. The van der Waals surface area contributed by atoms with Crippen molar-refractivity contribution in [1.82, 2.24) is 20.1 Å². The molecule has 0 fully saturated rings. The molecule has 0 unspecified atom stereocenters. The molecule has 0 aliphatic carbocycles. The number of benzene rings is 1. The van der Waals surface area contributed by atoms with E-state index in [0.717, 1.165) is 6.26 Å². The highest BCUT2D eigenvalue weighted by Crippen LogP contribution is 2.35. The van der Waals surface area contributed by atoms with Crippen LogP contribution in [0.5, 0.6) is 0 Å². The van der Waals surface area contributed by atoms with Crippen molar-refractivity contribution in [1.29, 1.82) is 0 Å². The van der Waals surface area contributed by atoms with Crippen molar-refractivity contribution in [2.24, 2.45) is 0 Å². The minimum absolute atomic E-state index is 0.00739. The molecule has 17 heteroatoms. The van der Waals surface area contributed by atoms with E-state index in [2.05, 4.69) is 20.7 Å². The quantitative estimate of drug-likeness (QED) is 0.258. The molecule has 1 aromatic carbocycles. The molecular weight excluding hydrogens is 695 g/mol. The number of aryl methyl sites for hydroxylation is 1. The van der Waals surface area contributed by atoms with Crippen LogP contribution in [0.2, 0.25) is 0 Å². The average Bonchev–Trinajstić information content (AvgIpc) is 3.24. The lowest BCUT2D eigenvalue weighted by Gasteiger charge is -2.16. The number of pyridine rings is 1. The van der Waals surface area contributed by atoms with E-state index in [4.69, 9.17) is 0 Å². The molecule has 0 aliphatic heterocycles. The summed E-state index contributed by atoms with van der Waals surface area (Å²) in [5, 5.41) is 8.15. The number of hydrogen-bond acceptors (Lipinski definition) is 6. The van der Waals surface area contributed by atoms with Crippen molar-refractivity contribution in [3.05, 3.63) is 73.9 Å². The van der Waals surface area contributed by atoms with Crippen LogP contribution in [0, 0.1) is 10.5 Å². The Morgan fingerprint density at radius 2 is 1.71 bits per heavy atom. The lowest BCUT2D eigenvalue weighted by molar-refractivity contribution is -0.144. The Morgan fingerprint density at radius 3 is 2.27 bits per heavy atom. The third kappa shape index (κ3) is 8.40. The van der Waals surface area contributed by atoms with Gasteiger partial charge in [-0.25, -0.2) is 8.42 Å². The van der Waals surface area contributed by atoms with Gasteiger partial charge in [-0.2, -0.15) is 31.4 Å². The van der Waals surface area contributed by atoms with Gasteiger partial charge in [0.15, 0.2) is 5.69 Å². The number of sulfone groups is 1. The summed E-state index contributed by atoms with van der Waals surface area (Å²) >= 11 is 1.85. The third-order valence-electron chi connectivity index (χ3n) is 5.48. The number of halogens is 7. The van der Waals surface area contributed by atoms with Crippen LogP contribution >= 0.6 is 22.6 Å². The summed E-state index contributed by atoms with van der Waals surface area (Å²) in [7, 11) is -3.39.